The summed E-state index contributed by atoms with van der Waals surface area (Å²) < 4.78 is 61.9. The molecule has 1 heterocycles. The fourth-order valence-electron chi connectivity index (χ4n) is 1.02. The van der Waals surface area contributed by atoms with E-state index in [1.807, 2.05) is 0 Å². The molecule has 0 amide bonds. The summed E-state index contributed by atoms with van der Waals surface area (Å²) in [7, 11) is 3.08. The molecular formula is C7H7F5N2. The van der Waals surface area contributed by atoms with Crippen molar-refractivity contribution in [2.45, 2.75) is 19.0 Å². The standard InChI is InChI=1S/C7H7F5N2/c1-6(8,9)4-3-14(2)13-5(4)7(10,11)12/h3,14H,2H2,1H3. The summed E-state index contributed by atoms with van der Waals surface area (Å²) in [4.78, 5) is 0. The van der Waals surface area contributed by atoms with Gasteiger partial charge in [0.1, 0.15) is 11.8 Å². The number of allylic oxidation sites excluding steroid dienone is 1. The van der Waals surface area contributed by atoms with Crippen LogP contribution in [0.15, 0.2) is 16.9 Å². The number of rotatable bonds is 1. The lowest BCUT2D eigenvalue weighted by Crippen LogP contribution is -2.95. The number of nitrogens with zero attached hydrogens (tertiary/aromatic N) is 1. The third-order valence-electron chi connectivity index (χ3n) is 1.56. The lowest BCUT2D eigenvalue weighted by molar-refractivity contribution is -0.802. The van der Waals surface area contributed by atoms with Crippen LogP contribution >= 0.6 is 0 Å². The summed E-state index contributed by atoms with van der Waals surface area (Å²) in [6.07, 6.45) is -4.23. The van der Waals surface area contributed by atoms with E-state index in [0.717, 1.165) is 0 Å². The summed E-state index contributed by atoms with van der Waals surface area (Å²) in [6.45, 7) is 0.388. The maximum atomic E-state index is 12.7. The van der Waals surface area contributed by atoms with E-state index in [9.17, 15) is 22.0 Å². The fourth-order valence-corrected chi connectivity index (χ4v) is 1.02. The maximum Gasteiger partial charge on any atom is 0.439 e. The Morgan fingerprint density at radius 2 is 1.79 bits per heavy atom. The smallest absolute Gasteiger partial charge is 0.312 e. The average molecular weight is 214 g/mol. The van der Waals surface area contributed by atoms with Gasteiger partial charge >= 0.3 is 6.18 Å². The highest BCUT2D eigenvalue weighted by Crippen LogP contribution is 2.32. The lowest BCUT2D eigenvalue weighted by atomic mass is 10.1. The van der Waals surface area contributed by atoms with Crippen molar-refractivity contribution in [3.63, 3.8) is 0 Å². The van der Waals surface area contributed by atoms with Gasteiger partial charge < -0.3 is 5.01 Å². The molecule has 0 saturated carbocycles. The van der Waals surface area contributed by atoms with Crippen molar-refractivity contribution >= 4 is 5.71 Å². The Bertz CT molecular complexity index is 266. The summed E-state index contributed by atoms with van der Waals surface area (Å²) in [5.74, 6) is -3.56. The van der Waals surface area contributed by atoms with Crippen LogP contribution in [0.2, 0.25) is 0 Å². The molecule has 0 aromatic heterocycles. The summed E-state index contributed by atoms with van der Waals surface area (Å²) in [5.41, 5.74) is -2.69. The average Bonchev–Trinajstić information content (AvgIpc) is 2.27. The molecule has 0 aromatic carbocycles. The number of quaternary nitrogens is 1. The first-order valence-electron chi connectivity index (χ1n) is 3.57. The van der Waals surface area contributed by atoms with E-state index >= 15 is 0 Å². The van der Waals surface area contributed by atoms with Crippen molar-refractivity contribution in [3.8, 4) is 0 Å². The van der Waals surface area contributed by atoms with E-state index in [1.165, 1.54) is 0 Å². The molecule has 1 aliphatic rings. The predicted octanol–water partition coefficient (Wildman–Crippen LogP) is 1.13. The third kappa shape index (κ3) is 2.09. The second kappa shape index (κ2) is 3.01. The molecule has 1 aliphatic heterocycles. The van der Waals surface area contributed by atoms with E-state index in [4.69, 9.17) is 0 Å². The monoisotopic (exact) mass is 214 g/mol. The molecule has 1 atom stereocenters. The minimum atomic E-state index is -4.87. The van der Waals surface area contributed by atoms with Crippen LogP contribution in [-0.2, 0) is 0 Å². The highest BCUT2D eigenvalue weighted by molar-refractivity contribution is 6.05. The maximum absolute atomic E-state index is 12.7. The van der Waals surface area contributed by atoms with Crippen LogP contribution in [0.4, 0.5) is 22.0 Å². The second-order valence-electron chi connectivity index (χ2n) is 2.90. The SMILES string of the molecule is [CH2-][NH+]1C=C(C(C)(F)F)C(C(F)(F)F)=N1. The molecule has 0 aliphatic carbocycles. The van der Waals surface area contributed by atoms with Crippen molar-refractivity contribution in [1.82, 2.24) is 0 Å². The van der Waals surface area contributed by atoms with Gasteiger partial charge in [-0.1, -0.05) is 0 Å². The van der Waals surface area contributed by atoms with E-state index < -0.39 is 23.4 Å². The van der Waals surface area contributed by atoms with Gasteiger partial charge in [0, 0.05) is 6.92 Å². The van der Waals surface area contributed by atoms with Crippen molar-refractivity contribution in [2.75, 3.05) is 0 Å². The molecule has 0 fully saturated rings. The number of hydrogen-bond acceptors (Lipinski definition) is 1. The molecule has 0 bridgehead atoms. The van der Waals surface area contributed by atoms with Gasteiger partial charge in [0.05, 0.1) is 0 Å². The number of alkyl halides is 5. The first kappa shape index (κ1) is 11.1. The van der Waals surface area contributed by atoms with E-state index in [-0.39, 0.29) is 5.01 Å². The lowest BCUT2D eigenvalue weighted by Gasteiger charge is -2.12. The van der Waals surface area contributed by atoms with E-state index in [1.54, 1.807) is 0 Å². The molecule has 80 valence electrons. The van der Waals surface area contributed by atoms with Crippen LogP contribution in [0.5, 0.6) is 0 Å². The Morgan fingerprint density at radius 1 is 1.29 bits per heavy atom. The molecule has 0 saturated heterocycles. The number of hydrogen-bond donors (Lipinski definition) is 1. The number of nitrogens with one attached hydrogen (secondary N) is 1. The van der Waals surface area contributed by atoms with Crippen LogP contribution in [0.3, 0.4) is 0 Å². The minimum Gasteiger partial charge on any atom is -0.312 e. The van der Waals surface area contributed by atoms with Gasteiger partial charge in [0.2, 0.25) is 5.71 Å². The van der Waals surface area contributed by atoms with Gasteiger partial charge in [0.25, 0.3) is 5.92 Å². The second-order valence-corrected chi connectivity index (χ2v) is 2.90. The molecule has 0 radical (unpaired) electrons. The molecule has 7 heteroatoms. The molecule has 1 N–H and O–H groups in total. The zero-order valence-electron chi connectivity index (χ0n) is 7.12. The van der Waals surface area contributed by atoms with Crippen LogP contribution < -0.4 is 5.01 Å². The molecule has 14 heavy (non-hydrogen) atoms. The van der Waals surface area contributed by atoms with Gasteiger partial charge in [-0.25, -0.2) is 8.78 Å². The highest BCUT2D eigenvalue weighted by atomic mass is 19.4. The zero-order chi connectivity index (χ0) is 11.1. The normalized spacial score (nSPS) is 23.5. The quantitative estimate of drug-likeness (QED) is 0.498. The molecular weight excluding hydrogens is 207 g/mol. The highest BCUT2D eigenvalue weighted by Gasteiger charge is 2.49. The first-order valence-corrected chi connectivity index (χ1v) is 3.57. The zero-order valence-corrected chi connectivity index (χ0v) is 7.12. The molecule has 0 aromatic rings. The van der Waals surface area contributed by atoms with Crippen molar-refractivity contribution in [2.24, 2.45) is 5.10 Å². The Hall–Kier alpha value is -0.980. The molecule has 1 unspecified atom stereocenters. The van der Waals surface area contributed by atoms with Gasteiger partial charge in [0.15, 0.2) is 0 Å². The van der Waals surface area contributed by atoms with E-state index in [2.05, 4.69) is 12.1 Å². The van der Waals surface area contributed by atoms with Crippen LogP contribution in [0.1, 0.15) is 6.92 Å². The van der Waals surface area contributed by atoms with E-state index in [0.29, 0.717) is 13.1 Å². The van der Waals surface area contributed by atoms with Crippen molar-refractivity contribution in [3.05, 3.63) is 18.8 Å². The third-order valence-corrected chi connectivity index (χ3v) is 1.56. The van der Waals surface area contributed by atoms with Gasteiger partial charge in [-0.3, -0.25) is 0 Å². The van der Waals surface area contributed by atoms with Crippen LogP contribution in [-0.4, -0.2) is 17.8 Å². The predicted molar refractivity (Wildman–Crippen MR) is 38.5 cm³/mol. The molecule has 2 nitrogen and oxygen atoms in total. The molecule has 1 rings (SSSR count). The Kier molecular flexibility index (Phi) is 2.39. The minimum absolute atomic E-state index is 0.311. The van der Waals surface area contributed by atoms with Crippen molar-refractivity contribution in [1.29, 1.82) is 0 Å². The molecule has 0 spiro atoms. The summed E-state index contributed by atoms with van der Waals surface area (Å²) in [6, 6.07) is 0. The van der Waals surface area contributed by atoms with Crippen LogP contribution in [0, 0.1) is 7.05 Å². The Morgan fingerprint density at radius 3 is 2.07 bits per heavy atom. The van der Waals surface area contributed by atoms with Crippen LogP contribution in [0.25, 0.3) is 0 Å². The Balaban J connectivity index is 3.10. The van der Waals surface area contributed by atoms with Gasteiger partial charge in [-0.2, -0.15) is 13.2 Å². The largest absolute Gasteiger partial charge is 0.439 e. The summed E-state index contributed by atoms with van der Waals surface area (Å²) >= 11 is 0. The fraction of sp³-hybridized carbons (Fsp3) is 0.429. The van der Waals surface area contributed by atoms with Gasteiger partial charge in [-0.15, -0.1) is 12.1 Å². The number of halogens is 5. The topological polar surface area (TPSA) is 16.8 Å². The first-order chi connectivity index (χ1) is 6.12. The van der Waals surface area contributed by atoms with Gasteiger partial charge in [-0.05, 0) is 0 Å². The Labute approximate surface area is 76.7 Å². The van der Waals surface area contributed by atoms with Crippen molar-refractivity contribution < 1.29 is 27.0 Å². The summed E-state index contributed by atoms with van der Waals surface area (Å²) in [5, 5.41) is 2.62.